The molecule has 11 nitrogen and oxygen atoms in total. The van der Waals surface area contributed by atoms with Crippen LogP contribution in [0.2, 0.25) is 0 Å². The van der Waals surface area contributed by atoms with Crippen molar-refractivity contribution < 1.29 is 30.6 Å². The number of tetrazole rings is 1. The first-order chi connectivity index (χ1) is 18.7. The van der Waals surface area contributed by atoms with Crippen molar-refractivity contribution in [3.05, 3.63) is 46.9 Å². The molecule has 218 valence electrons. The van der Waals surface area contributed by atoms with E-state index in [0.717, 1.165) is 29.7 Å². The lowest BCUT2D eigenvalue weighted by Crippen LogP contribution is -2.41. The number of nitrogens with two attached hydrogens (primary N) is 1. The molecule has 1 aliphatic rings. The number of aryl methyl sites for hydroxylation is 1. The average Bonchev–Trinajstić information content (AvgIpc) is 3.56. The number of primary sulfonamides is 1. The summed E-state index contributed by atoms with van der Waals surface area (Å²) < 4.78 is 75.7. The number of hydrogen-bond donors (Lipinski definition) is 1. The van der Waals surface area contributed by atoms with Crippen LogP contribution in [0.3, 0.4) is 0 Å². The van der Waals surface area contributed by atoms with Gasteiger partial charge in [0.2, 0.25) is 15.9 Å². The van der Waals surface area contributed by atoms with Crippen LogP contribution in [-0.2, 0) is 38.3 Å². The Morgan fingerprint density at radius 1 is 1.27 bits per heavy atom. The molecule has 0 aliphatic carbocycles. The number of likely N-dealkylation sites (tertiary alicyclic amines) is 1. The van der Waals surface area contributed by atoms with E-state index in [4.69, 9.17) is 5.14 Å². The number of aromatic nitrogens is 5. The third-order valence-corrected chi connectivity index (χ3v) is 10.9. The topological polar surface area (TPSA) is 154 Å². The Kier molecular flexibility index (Phi) is 9.06. The molecule has 0 bridgehead atoms. The molecule has 1 aromatic carbocycles. The molecular weight excluding hydrogens is 591 g/mol. The summed E-state index contributed by atoms with van der Waals surface area (Å²) in [7, 11) is -5.36. The number of piperidine rings is 1. The fourth-order valence-corrected chi connectivity index (χ4v) is 7.80. The average molecular weight is 620 g/mol. The summed E-state index contributed by atoms with van der Waals surface area (Å²) in [4.78, 5) is 20.2. The number of carbonyl (C=O) groups excluding carboxylic acids is 1. The molecule has 2 atom stereocenters. The van der Waals surface area contributed by atoms with Gasteiger partial charge in [0.1, 0.15) is 0 Å². The Balaban J connectivity index is 1.37. The minimum atomic E-state index is -4.54. The van der Waals surface area contributed by atoms with Crippen LogP contribution < -0.4 is 5.14 Å². The second kappa shape index (κ2) is 12.0. The molecule has 0 saturated carbocycles. The molecule has 2 unspecified atom stereocenters. The Morgan fingerprint density at radius 2 is 1.98 bits per heavy atom. The number of benzene rings is 1. The van der Waals surface area contributed by atoms with E-state index in [1.54, 1.807) is 18.7 Å². The van der Waals surface area contributed by atoms with E-state index in [-0.39, 0.29) is 26.9 Å². The first-order valence-electron chi connectivity index (χ1n) is 12.3. The van der Waals surface area contributed by atoms with Crippen molar-refractivity contribution in [1.29, 1.82) is 0 Å². The Bertz CT molecular complexity index is 1500. The smallest absolute Gasteiger partial charge is 0.342 e. The molecule has 40 heavy (non-hydrogen) atoms. The SMILES string of the molecule is Cc1nnn(Cc2cc(C(F)(F)F)ccc2C(C)C(=O)N2CCC(CCS(=O)c3ncc(S(N)(=O)=O)s3)CC2)n1. The minimum absolute atomic E-state index is 0.0608. The van der Waals surface area contributed by atoms with Crippen molar-refractivity contribution >= 4 is 38.1 Å². The highest BCUT2D eigenvalue weighted by Gasteiger charge is 2.33. The van der Waals surface area contributed by atoms with Crippen LogP contribution in [0, 0.1) is 12.8 Å². The van der Waals surface area contributed by atoms with E-state index >= 15 is 0 Å². The molecule has 3 aromatic rings. The number of halogens is 3. The maximum atomic E-state index is 13.4. The van der Waals surface area contributed by atoms with Gasteiger partial charge >= 0.3 is 6.18 Å². The number of alkyl halides is 3. The number of hydrogen-bond acceptors (Lipinski definition) is 9. The molecule has 0 radical (unpaired) electrons. The van der Waals surface area contributed by atoms with Crippen molar-refractivity contribution in [3.63, 3.8) is 0 Å². The van der Waals surface area contributed by atoms with Crippen molar-refractivity contribution in [3.8, 4) is 0 Å². The van der Waals surface area contributed by atoms with Gasteiger partial charge in [0.15, 0.2) is 14.4 Å². The third kappa shape index (κ3) is 7.30. The van der Waals surface area contributed by atoms with E-state index in [1.807, 2.05) is 0 Å². The van der Waals surface area contributed by atoms with Gasteiger partial charge in [0.05, 0.1) is 35.0 Å². The maximum absolute atomic E-state index is 13.4. The Hall–Kier alpha value is -2.76. The van der Waals surface area contributed by atoms with Gasteiger partial charge in [-0.05, 0) is 67.5 Å². The van der Waals surface area contributed by atoms with Gasteiger partial charge in [-0.2, -0.15) is 18.0 Å². The van der Waals surface area contributed by atoms with Gasteiger partial charge < -0.3 is 4.90 Å². The maximum Gasteiger partial charge on any atom is 0.416 e. The van der Waals surface area contributed by atoms with Crippen LogP contribution in [0.4, 0.5) is 13.2 Å². The molecular formula is C23H28F3N7O4S3. The standard InChI is InChI=1S/C23H28F3N7O4S3/c1-14(19-4-3-18(23(24,25)26)11-17(19)13-33-30-15(2)29-31-33)21(34)32-8-5-16(6-9-32)7-10-39(35)22-28-12-20(38-22)40(27,36)37/h3-4,11-12,14,16H,5-10,13H2,1-2H3,(H2,27,36,37). The van der Waals surface area contributed by atoms with Gasteiger partial charge in [-0.3, -0.25) is 9.00 Å². The minimum Gasteiger partial charge on any atom is -0.342 e. The first-order valence-corrected chi connectivity index (χ1v) is 16.0. The normalized spacial score (nSPS) is 16.7. The molecule has 17 heteroatoms. The largest absolute Gasteiger partial charge is 0.416 e. The van der Waals surface area contributed by atoms with Crippen molar-refractivity contribution in [2.45, 2.75) is 60.3 Å². The van der Waals surface area contributed by atoms with Crippen LogP contribution in [0.25, 0.3) is 0 Å². The quantitative estimate of drug-likeness (QED) is 0.384. The van der Waals surface area contributed by atoms with Crippen LogP contribution >= 0.6 is 11.3 Å². The van der Waals surface area contributed by atoms with Crippen LogP contribution in [0.15, 0.2) is 32.9 Å². The zero-order valence-electron chi connectivity index (χ0n) is 21.7. The van der Waals surface area contributed by atoms with E-state index in [0.29, 0.717) is 55.1 Å². The second-order valence-corrected chi connectivity index (χ2v) is 14.2. The number of thiazole rings is 1. The van der Waals surface area contributed by atoms with Crippen LogP contribution in [0.5, 0.6) is 0 Å². The summed E-state index contributed by atoms with van der Waals surface area (Å²) in [6, 6.07) is 3.34. The zero-order chi connectivity index (χ0) is 29.2. The second-order valence-electron chi connectivity index (χ2n) is 9.60. The molecule has 3 heterocycles. The summed E-state index contributed by atoms with van der Waals surface area (Å²) in [5.41, 5.74) is -0.0643. The van der Waals surface area contributed by atoms with E-state index in [2.05, 4.69) is 20.4 Å². The molecule has 0 spiro atoms. The molecule has 1 fully saturated rings. The molecule has 1 amide bonds. The van der Waals surface area contributed by atoms with Crippen LogP contribution in [-0.4, -0.2) is 67.5 Å². The fraction of sp³-hybridized carbons (Fsp3) is 0.522. The van der Waals surface area contributed by atoms with Gasteiger partial charge in [-0.15, -0.1) is 10.2 Å². The number of sulfonamides is 1. The highest BCUT2D eigenvalue weighted by molar-refractivity contribution is 7.92. The van der Waals surface area contributed by atoms with E-state index in [1.165, 1.54) is 10.9 Å². The lowest BCUT2D eigenvalue weighted by Gasteiger charge is -2.34. The fourth-order valence-electron chi connectivity index (χ4n) is 4.58. The van der Waals surface area contributed by atoms with Gasteiger partial charge in [-0.25, -0.2) is 18.5 Å². The lowest BCUT2D eigenvalue weighted by molar-refractivity contribution is -0.137. The summed E-state index contributed by atoms with van der Waals surface area (Å²) in [6.07, 6.45) is -1.47. The predicted molar refractivity (Wildman–Crippen MR) is 140 cm³/mol. The van der Waals surface area contributed by atoms with Gasteiger partial charge in [-0.1, -0.05) is 17.4 Å². The summed E-state index contributed by atoms with van der Waals surface area (Å²) in [5.74, 6) is 0.0126. The highest BCUT2D eigenvalue weighted by atomic mass is 32.3. The van der Waals surface area contributed by atoms with Crippen molar-refractivity contribution in [1.82, 2.24) is 30.1 Å². The summed E-state index contributed by atoms with van der Waals surface area (Å²) >= 11 is 0.792. The molecule has 4 rings (SSSR count). The van der Waals surface area contributed by atoms with Crippen LogP contribution in [0.1, 0.15) is 54.6 Å². The van der Waals surface area contributed by atoms with Crippen molar-refractivity contribution in [2.24, 2.45) is 11.1 Å². The number of rotatable bonds is 9. The van der Waals surface area contributed by atoms with Gasteiger partial charge in [0.25, 0.3) is 0 Å². The van der Waals surface area contributed by atoms with E-state index in [9.17, 15) is 30.6 Å². The zero-order valence-corrected chi connectivity index (χ0v) is 24.1. The molecule has 2 N–H and O–H groups in total. The molecule has 1 saturated heterocycles. The first kappa shape index (κ1) is 30.2. The van der Waals surface area contributed by atoms with E-state index < -0.39 is 38.5 Å². The molecule has 1 aliphatic heterocycles. The van der Waals surface area contributed by atoms with Gasteiger partial charge in [0, 0.05) is 18.8 Å². The van der Waals surface area contributed by atoms with Crippen molar-refractivity contribution in [2.75, 3.05) is 18.8 Å². The Morgan fingerprint density at radius 3 is 2.55 bits per heavy atom. The summed E-state index contributed by atoms with van der Waals surface area (Å²) in [5, 5.41) is 16.8. The highest BCUT2D eigenvalue weighted by Crippen LogP contribution is 2.34. The monoisotopic (exact) mass is 619 g/mol. The number of amides is 1. The Labute approximate surface area is 235 Å². The number of nitrogens with zero attached hydrogens (tertiary/aromatic N) is 6. The third-order valence-electron chi connectivity index (χ3n) is 6.75. The molecule has 2 aromatic heterocycles. The predicted octanol–water partition coefficient (Wildman–Crippen LogP) is 2.69. The lowest BCUT2D eigenvalue weighted by atomic mass is 9.90. The summed E-state index contributed by atoms with van der Waals surface area (Å²) in [6.45, 7) is 4.16. The number of carbonyl (C=O) groups is 1.